The summed E-state index contributed by atoms with van der Waals surface area (Å²) < 4.78 is 0. The molecule has 6 nitrogen and oxygen atoms in total. The molecule has 1 fully saturated rings. The number of H-pyrrole nitrogens is 1. The third-order valence-electron chi connectivity index (χ3n) is 3.86. The lowest BCUT2D eigenvalue weighted by Gasteiger charge is -2.29. The van der Waals surface area contributed by atoms with Gasteiger partial charge in [0, 0.05) is 30.9 Å². The summed E-state index contributed by atoms with van der Waals surface area (Å²) in [6.45, 7) is 1.97. The minimum atomic E-state index is -0.377. The van der Waals surface area contributed by atoms with Crippen LogP contribution in [0.15, 0.2) is 30.6 Å². The number of nitro benzene ring substituents is 1. The van der Waals surface area contributed by atoms with E-state index in [2.05, 4.69) is 14.9 Å². The molecular formula is C15H16ClN4O2+. The van der Waals surface area contributed by atoms with Crippen molar-refractivity contribution >= 4 is 23.0 Å². The van der Waals surface area contributed by atoms with Crippen molar-refractivity contribution in [3.05, 3.63) is 45.9 Å². The normalized spacial score (nSPS) is 14.9. The molecule has 1 saturated heterocycles. The van der Waals surface area contributed by atoms with Gasteiger partial charge in [-0.3, -0.25) is 10.1 Å². The second-order valence-electron chi connectivity index (χ2n) is 5.29. The van der Waals surface area contributed by atoms with Gasteiger partial charge in [-0.15, -0.1) is 0 Å². The molecule has 0 radical (unpaired) electrons. The number of anilines is 1. The number of piperidine rings is 1. The Morgan fingerprint density at radius 1 is 1.23 bits per heavy atom. The van der Waals surface area contributed by atoms with Crippen molar-refractivity contribution in [2.45, 2.75) is 19.3 Å². The molecule has 0 spiro atoms. The Morgan fingerprint density at radius 3 is 2.68 bits per heavy atom. The van der Waals surface area contributed by atoms with Gasteiger partial charge in [-0.1, -0.05) is 0 Å². The summed E-state index contributed by atoms with van der Waals surface area (Å²) in [5.41, 5.74) is 2.17. The van der Waals surface area contributed by atoms with Gasteiger partial charge in [0.05, 0.1) is 4.92 Å². The van der Waals surface area contributed by atoms with Gasteiger partial charge in [0.2, 0.25) is 5.15 Å². The lowest BCUT2D eigenvalue weighted by molar-refractivity contribution is -0.388. The standard InChI is InChI=1S/C15H15ClN4O2/c16-15-9-13(17-10-18-15)12-8-11(4-5-14(12)20(21)22)19-6-2-1-3-7-19/h4-5,8-10H,1-3,6-7H2/p+1. The highest BCUT2D eigenvalue weighted by atomic mass is 35.5. The molecule has 7 heteroatoms. The average molecular weight is 320 g/mol. The lowest BCUT2D eigenvalue weighted by atomic mass is 10.1. The van der Waals surface area contributed by atoms with E-state index in [1.807, 2.05) is 12.1 Å². The molecule has 0 bridgehead atoms. The van der Waals surface area contributed by atoms with Crippen LogP contribution in [0, 0.1) is 10.1 Å². The molecule has 1 aliphatic rings. The average Bonchev–Trinajstić information content (AvgIpc) is 2.55. The summed E-state index contributed by atoms with van der Waals surface area (Å²) in [7, 11) is 0. The van der Waals surface area contributed by atoms with Crippen LogP contribution in [0.2, 0.25) is 5.15 Å². The zero-order valence-electron chi connectivity index (χ0n) is 12.0. The maximum Gasteiger partial charge on any atom is 0.286 e. The van der Waals surface area contributed by atoms with Crippen molar-refractivity contribution < 1.29 is 9.91 Å². The summed E-state index contributed by atoms with van der Waals surface area (Å²) >= 11 is 5.90. The van der Waals surface area contributed by atoms with E-state index in [0.29, 0.717) is 16.4 Å². The maximum absolute atomic E-state index is 11.3. The van der Waals surface area contributed by atoms with Gasteiger partial charge in [-0.2, -0.15) is 0 Å². The number of halogens is 1. The van der Waals surface area contributed by atoms with Crippen molar-refractivity contribution in [1.29, 1.82) is 0 Å². The number of benzene rings is 1. The number of nitrogens with one attached hydrogen (secondary N) is 1. The Kier molecular flexibility index (Phi) is 4.20. The van der Waals surface area contributed by atoms with Gasteiger partial charge in [0.1, 0.15) is 11.3 Å². The molecule has 1 aromatic heterocycles. The number of hydrogen-bond acceptors (Lipinski definition) is 4. The monoisotopic (exact) mass is 319 g/mol. The van der Waals surface area contributed by atoms with Crippen molar-refractivity contribution in [1.82, 2.24) is 4.98 Å². The zero-order chi connectivity index (χ0) is 15.5. The molecule has 2 aromatic rings. The Morgan fingerprint density at radius 2 is 2.00 bits per heavy atom. The number of hydrogen-bond donors (Lipinski definition) is 0. The van der Waals surface area contributed by atoms with E-state index < -0.39 is 0 Å². The lowest BCUT2D eigenvalue weighted by Crippen LogP contribution is -2.29. The Bertz CT molecular complexity index is 702. The van der Waals surface area contributed by atoms with Crippen molar-refractivity contribution in [2.75, 3.05) is 18.0 Å². The third kappa shape index (κ3) is 3.01. The highest BCUT2D eigenvalue weighted by Crippen LogP contribution is 2.33. The highest BCUT2D eigenvalue weighted by Gasteiger charge is 2.21. The Balaban J connectivity index is 2.06. The largest absolute Gasteiger partial charge is 0.372 e. The van der Waals surface area contributed by atoms with E-state index in [4.69, 9.17) is 11.6 Å². The van der Waals surface area contributed by atoms with Gasteiger partial charge in [-0.05, 0) is 48.0 Å². The molecular weight excluding hydrogens is 304 g/mol. The smallest absolute Gasteiger partial charge is 0.286 e. The minimum absolute atomic E-state index is 0.0549. The van der Waals surface area contributed by atoms with Crippen molar-refractivity contribution in [2.24, 2.45) is 0 Å². The first-order chi connectivity index (χ1) is 10.6. The first-order valence-corrected chi connectivity index (χ1v) is 7.60. The van der Waals surface area contributed by atoms with Gasteiger partial charge in [0.15, 0.2) is 0 Å². The van der Waals surface area contributed by atoms with E-state index in [0.717, 1.165) is 31.6 Å². The zero-order valence-corrected chi connectivity index (χ0v) is 12.7. The summed E-state index contributed by atoms with van der Waals surface area (Å²) in [4.78, 5) is 20.0. The predicted molar refractivity (Wildman–Crippen MR) is 84.0 cm³/mol. The minimum Gasteiger partial charge on any atom is -0.372 e. The molecule has 0 unspecified atom stereocenters. The van der Waals surface area contributed by atoms with Crippen molar-refractivity contribution in [3.8, 4) is 11.3 Å². The van der Waals surface area contributed by atoms with E-state index in [9.17, 15) is 10.1 Å². The van der Waals surface area contributed by atoms with Gasteiger partial charge < -0.3 is 4.90 Å². The fourth-order valence-electron chi connectivity index (χ4n) is 2.76. The van der Waals surface area contributed by atoms with Crippen LogP contribution in [0.4, 0.5) is 11.4 Å². The van der Waals surface area contributed by atoms with Gasteiger partial charge in [0.25, 0.3) is 12.0 Å². The fraction of sp³-hybridized carbons (Fsp3) is 0.333. The second-order valence-corrected chi connectivity index (χ2v) is 5.68. The van der Waals surface area contributed by atoms with Crippen LogP contribution in [-0.4, -0.2) is 23.0 Å². The fourth-order valence-corrected chi connectivity index (χ4v) is 2.92. The SMILES string of the molecule is O=[N+]([O-])c1ccc(N2CCCCC2)cc1-c1cc(Cl)nc[nH+]1. The summed E-state index contributed by atoms with van der Waals surface area (Å²) in [5.74, 6) is 0. The molecule has 0 atom stereocenters. The van der Waals surface area contributed by atoms with Crippen LogP contribution in [0.3, 0.4) is 0 Å². The Labute approximate surface area is 132 Å². The van der Waals surface area contributed by atoms with E-state index >= 15 is 0 Å². The molecule has 22 heavy (non-hydrogen) atoms. The number of nitro groups is 1. The van der Waals surface area contributed by atoms with Crippen LogP contribution in [0.1, 0.15) is 19.3 Å². The second kappa shape index (κ2) is 6.27. The van der Waals surface area contributed by atoms with Crippen LogP contribution in [0.25, 0.3) is 11.3 Å². The van der Waals surface area contributed by atoms with Gasteiger partial charge in [-0.25, -0.2) is 4.98 Å². The summed E-state index contributed by atoms with van der Waals surface area (Å²) in [6, 6.07) is 6.83. The quantitative estimate of drug-likeness (QED) is 0.495. The number of aromatic amines is 1. The van der Waals surface area contributed by atoms with E-state index in [1.54, 1.807) is 12.1 Å². The third-order valence-corrected chi connectivity index (χ3v) is 4.07. The molecule has 0 aliphatic carbocycles. The summed E-state index contributed by atoms with van der Waals surface area (Å²) in [5, 5.41) is 11.6. The molecule has 3 rings (SSSR count). The van der Waals surface area contributed by atoms with Crippen LogP contribution in [0.5, 0.6) is 0 Å². The molecule has 2 heterocycles. The van der Waals surface area contributed by atoms with Crippen LogP contribution in [-0.2, 0) is 0 Å². The number of rotatable bonds is 3. The van der Waals surface area contributed by atoms with Gasteiger partial charge >= 0.3 is 0 Å². The highest BCUT2D eigenvalue weighted by molar-refractivity contribution is 6.29. The predicted octanol–water partition coefficient (Wildman–Crippen LogP) is 3.11. The summed E-state index contributed by atoms with van der Waals surface area (Å²) in [6.07, 6.45) is 4.98. The maximum atomic E-state index is 11.3. The van der Waals surface area contributed by atoms with Crippen molar-refractivity contribution in [3.63, 3.8) is 0 Å². The molecule has 114 valence electrons. The van der Waals surface area contributed by atoms with E-state index in [1.165, 1.54) is 12.7 Å². The molecule has 0 amide bonds. The topological polar surface area (TPSA) is 73.4 Å². The first-order valence-electron chi connectivity index (χ1n) is 7.22. The Hall–Kier alpha value is -2.21. The van der Waals surface area contributed by atoms with E-state index in [-0.39, 0.29) is 10.6 Å². The number of aromatic nitrogens is 2. The first kappa shape index (κ1) is 14.7. The molecule has 0 saturated carbocycles. The number of nitrogens with zero attached hydrogens (tertiary/aromatic N) is 3. The van der Waals surface area contributed by atoms with Crippen LogP contribution >= 0.6 is 11.6 Å². The molecule has 1 aliphatic heterocycles. The molecule has 1 N–H and O–H groups in total. The molecule has 1 aromatic carbocycles. The van der Waals surface area contributed by atoms with Crippen LogP contribution < -0.4 is 9.88 Å².